The average Bonchev–Trinajstić information content (AvgIpc) is 3.47. The van der Waals surface area contributed by atoms with Gasteiger partial charge in [-0.15, -0.1) is 0 Å². The number of rotatable bonds is 7. The summed E-state index contributed by atoms with van der Waals surface area (Å²) >= 11 is 0. The van der Waals surface area contributed by atoms with Crippen molar-refractivity contribution in [3.05, 3.63) is 83.6 Å². The predicted octanol–water partition coefficient (Wildman–Crippen LogP) is 3.75. The molecule has 4 rings (SSSR count). The van der Waals surface area contributed by atoms with E-state index in [0.29, 0.717) is 30.2 Å². The third kappa shape index (κ3) is 4.75. The van der Waals surface area contributed by atoms with E-state index < -0.39 is 0 Å². The van der Waals surface area contributed by atoms with E-state index in [9.17, 15) is 9.59 Å². The number of carbonyl (C=O) groups excluding carboxylic acids is 2. The van der Waals surface area contributed by atoms with Crippen molar-refractivity contribution in [3.63, 3.8) is 0 Å². The number of anilines is 1. The van der Waals surface area contributed by atoms with E-state index in [0.717, 1.165) is 19.3 Å². The molecule has 1 aliphatic heterocycles. The van der Waals surface area contributed by atoms with Crippen LogP contribution in [0.5, 0.6) is 0 Å². The lowest BCUT2D eigenvalue weighted by atomic mass is 10.1. The largest absolute Gasteiger partial charge is 0.445 e. The Bertz CT molecular complexity index is 993. The Hall–Kier alpha value is -3.45. The van der Waals surface area contributed by atoms with E-state index in [2.05, 4.69) is 15.6 Å². The Balaban J connectivity index is 1.32. The number of ether oxygens (including phenoxy) is 1. The molecular weight excluding hydrogens is 382 g/mol. The van der Waals surface area contributed by atoms with E-state index >= 15 is 0 Å². The molecule has 2 amide bonds. The van der Waals surface area contributed by atoms with Gasteiger partial charge in [-0.3, -0.25) is 9.59 Å². The minimum atomic E-state index is -0.366. The Kier molecular flexibility index (Phi) is 6.20. The maximum Gasteiger partial charge on any atom is 0.278 e. The zero-order valence-electron chi connectivity index (χ0n) is 16.5. The second kappa shape index (κ2) is 9.37. The predicted molar refractivity (Wildman–Crippen MR) is 111 cm³/mol. The molecule has 0 saturated carbocycles. The number of benzene rings is 2. The lowest BCUT2D eigenvalue weighted by Gasteiger charge is -2.09. The standard InChI is InChI=1S/C23H23N3O4/c27-22(24-13-12-16-5-2-1-3-6-16)17-8-10-18(11-9-17)26-23(28)20-21(30-15-25-20)19-7-4-14-29-19/h1-3,5-6,8-11,15,19H,4,7,12-14H2,(H,24,27)(H,26,28). The van der Waals surface area contributed by atoms with E-state index in [4.69, 9.17) is 9.15 Å². The Labute approximate surface area is 174 Å². The van der Waals surface area contributed by atoms with Gasteiger partial charge in [0.15, 0.2) is 17.8 Å². The van der Waals surface area contributed by atoms with Crippen molar-refractivity contribution in [1.29, 1.82) is 0 Å². The fraction of sp³-hybridized carbons (Fsp3) is 0.261. The molecule has 7 nitrogen and oxygen atoms in total. The van der Waals surface area contributed by atoms with Crippen molar-refractivity contribution in [2.75, 3.05) is 18.5 Å². The molecule has 30 heavy (non-hydrogen) atoms. The van der Waals surface area contributed by atoms with Crippen LogP contribution in [0.25, 0.3) is 0 Å². The Morgan fingerprint density at radius 3 is 2.57 bits per heavy atom. The van der Waals surface area contributed by atoms with Gasteiger partial charge >= 0.3 is 0 Å². The van der Waals surface area contributed by atoms with Crippen LogP contribution in [0.15, 0.2) is 65.4 Å². The van der Waals surface area contributed by atoms with Gasteiger partial charge in [-0.1, -0.05) is 30.3 Å². The van der Waals surface area contributed by atoms with Crippen LogP contribution in [-0.2, 0) is 11.2 Å². The van der Waals surface area contributed by atoms with Crippen LogP contribution in [0.2, 0.25) is 0 Å². The Morgan fingerprint density at radius 1 is 1.03 bits per heavy atom. The number of aromatic nitrogens is 1. The third-order valence-electron chi connectivity index (χ3n) is 4.98. The molecule has 1 aliphatic rings. The van der Waals surface area contributed by atoms with E-state index in [1.165, 1.54) is 12.0 Å². The normalized spacial score (nSPS) is 15.7. The first kappa shape index (κ1) is 19.8. The Morgan fingerprint density at radius 2 is 1.83 bits per heavy atom. The smallest absolute Gasteiger partial charge is 0.278 e. The van der Waals surface area contributed by atoms with Crippen molar-refractivity contribution in [2.45, 2.75) is 25.4 Å². The van der Waals surface area contributed by atoms with Crippen molar-refractivity contribution < 1.29 is 18.7 Å². The number of hydrogen-bond acceptors (Lipinski definition) is 5. The van der Waals surface area contributed by atoms with Crippen LogP contribution in [0.4, 0.5) is 5.69 Å². The lowest BCUT2D eigenvalue weighted by molar-refractivity contribution is 0.0889. The van der Waals surface area contributed by atoms with Crippen LogP contribution < -0.4 is 10.6 Å². The molecule has 1 saturated heterocycles. The number of nitrogens with one attached hydrogen (secondary N) is 2. The zero-order valence-corrected chi connectivity index (χ0v) is 16.5. The van der Waals surface area contributed by atoms with Gasteiger partial charge in [-0.25, -0.2) is 4.98 Å². The summed E-state index contributed by atoms with van der Waals surface area (Å²) in [6, 6.07) is 16.7. The number of carbonyl (C=O) groups is 2. The summed E-state index contributed by atoms with van der Waals surface area (Å²) in [5.74, 6) is -0.0605. The van der Waals surface area contributed by atoms with E-state index in [1.807, 2.05) is 30.3 Å². The number of amides is 2. The summed E-state index contributed by atoms with van der Waals surface area (Å²) in [5.41, 5.74) is 2.50. The highest BCUT2D eigenvalue weighted by Crippen LogP contribution is 2.30. The summed E-state index contributed by atoms with van der Waals surface area (Å²) in [6.45, 7) is 1.21. The van der Waals surface area contributed by atoms with Gasteiger partial charge in [-0.05, 0) is 49.1 Å². The lowest BCUT2D eigenvalue weighted by Crippen LogP contribution is -2.25. The van der Waals surface area contributed by atoms with Gasteiger partial charge in [0.05, 0.1) is 0 Å². The summed E-state index contributed by atoms with van der Waals surface area (Å²) in [4.78, 5) is 28.9. The van der Waals surface area contributed by atoms with Gasteiger partial charge in [0.2, 0.25) is 0 Å². The molecule has 0 aliphatic carbocycles. The zero-order chi connectivity index (χ0) is 20.8. The summed E-state index contributed by atoms with van der Waals surface area (Å²) in [7, 11) is 0. The van der Waals surface area contributed by atoms with Crippen molar-refractivity contribution in [1.82, 2.24) is 10.3 Å². The average molecular weight is 405 g/mol. The van der Waals surface area contributed by atoms with E-state index in [1.54, 1.807) is 24.3 Å². The molecule has 1 aromatic heterocycles. The molecule has 1 unspecified atom stereocenters. The van der Waals surface area contributed by atoms with Gasteiger partial charge in [0.1, 0.15) is 6.10 Å². The number of oxazole rings is 1. The highest BCUT2D eigenvalue weighted by atomic mass is 16.5. The van der Waals surface area contributed by atoms with Crippen molar-refractivity contribution in [3.8, 4) is 0 Å². The third-order valence-corrected chi connectivity index (χ3v) is 4.98. The molecule has 2 aromatic carbocycles. The molecule has 7 heteroatoms. The summed E-state index contributed by atoms with van der Waals surface area (Å²) < 4.78 is 11.0. The first-order valence-corrected chi connectivity index (χ1v) is 9.99. The molecule has 2 N–H and O–H groups in total. The molecule has 0 spiro atoms. The van der Waals surface area contributed by atoms with Crippen LogP contribution in [0, 0.1) is 0 Å². The highest BCUT2D eigenvalue weighted by molar-refractivity contribution is 6.04. The quantitative estimate of drug-likeness (QED) is 0.624. The van der Waals surface area contributed by atoms with Crippen molar-refractivity contribution >= 4 is 17.5 Å². The minimum Gasteiger partial charge on any atom is -0.445 e. The summed E-state index contributed by atoms with van der Waals surface area (Å²) in [6.07, 6.45) is 3.54. The molecule has 1 fully saturated rings. The molecule has 3 aromatic rings. The molecule has 2 heterocycles. The fourth-order valence-electron chi connectivity index (χ4n) is 3.40. The molecule has 154 valence electrons. The second-order valence-corrected chi connectivity index (χ2v) is 7.09. The van der Waals surface area contributed by atoms with Gasteiger partial charge in [0, 0.05) is 24.4 Å². The first-order chi connectivity index (χ1) is 14.7. The van der Waals surface area contributed by atoms with Crippen LogP contribution >= 0.6 is 0 Å². The van der Waals surface area contributed by atoms with E-state index in [-0.39, 0.29) is 23.6 Å². The molecule has 1 atom stereocenters. The maximum atomic E-state index is 12.6. The van der Waals surface area contributed by atoms with Gasteiger partial charge < -0.3 is 19.8 Å². The van der Waals surface area contributed by atoms with Crippen LogP contribution in [0.3, 0.4) is 0 Å². The second-order valence-electron chi connectivity index (χ2n) is 7.09. The minimum absolute atomic E-state index is 0.152. The summed E-state index contributed by atoms with van der Waals surface area (Å²) in [5, 5.41) is 5.70. The highest BCUT2D eigenvalue weighted by Gasteiger charge is 2.28. The van der Waals surface area contributed by atoms with Crippen LogP contribution in [-0.4, -0.2) is 29.9 Å². The molecule has 0 bridgehead atoms. The van der Waals surface area contributed by atoms with Gasteiger partial charge in [0.25, 0.3) is 11.8 Å². The molecular formula is C23H23N3O4. The first-order valence-electron chi connectivity index (χ1n) is 9.99. The monoisotopic (exact) mass is 405 g/mol. The fourth-order valence-corrected chi connectivity index (χ4v) is 3.40. The molecule has 0 radical (unpaired) electrons. The maximum absolute atomic E-state index is 12.6. The SMILES string of the molecule is O=C(NCCc1ccccc1)c1ccc(NC(=O)c2ncoc2C2CCCO2)cc1. The number of hydrogen-bond donors (Lipinski definition) is 2. The topological polar surface area (TPSA) is 93.5 Å². The number of nitrogens with zero attached hydrogens (tertiary/aromatic N) is 1. The van der Waals surface area contributed by atoms with Crippen LogP contribution in [0.1, 0.15) is 51.1 Å². The van der Waals surface area contributed by atoms with Gasteiger partial charge in [-0.2, -0.15) is 0 Å². The van der Waals surface area contributed by atoms with Crippen molar-refractivity contribution in [2.24, 2.45) is 0 Å².